The first-order valence-electron chi connectivity index (χ1n) is 1.34. The van der Waals surface area contributed by atoms with Crippen molar-refractivity contribution in [3.05, 3.63) is 39.4 Å². The molecular weight excluding hydrogens is 447 g/mol. The third-order valence-electron chi connectivity index (χ3n) is 0. The third-order valence-corrected chi connectivity index (χ3v) is 0. The molecule has 17 heavy (non-hydrogen) atoms. The Kier molecular flexibility index (Phi) is 78100. The molecule has 104 valence electrons. The summed E-state index contributed by atoms with van der Waals surface area (Å²) in [5.41, 5.74) is 0. The van der Waals surface area contributed by atoms with E-state index in [9.17, 15) is 0 Å². The normalized spacial score (nSPS) is 0.706. The summed E-state index contributed by atoms with van der Waals surface area (Å²) in [6.45, 7) is 28.5. The zero-order chi connectivity index (χ0) is 12.0. The van der Waals surface area contributed by atoms with Crippen LogP contribution < -0.4 is 0 Å². The second-order valence-electron chi connectivity index (χ2n) is 0. The molecule has 0 fully saturated rings. The van der Waals surface area contributed by atoms with Gasteiger partial charge in [-0.05, 0) is 0 Å². The number of hydrogen-bond donors (Lipinski definition) is 0. The van der Waals surface area contributed by atoms with Gasteiger partial charge >= 0.3 is 17.1 Å². The summed E-state index contributed by atoms with van der Waals surface area (Å²) in [4.78, 5) is 0. The maximum absolute atomic E-state index is 6.25. The summed E-state index contributed by atoms with van der Waals surface area (Å²) in [6, 6.07) is 0. The molecule has 0 unspecified atom stereocenters. The Bertz CT molecular complexity index is 106. The van der Waals surface area contributed by atoms with Crippen molar-refractivity contribution in [1.29, 1.82) is 31.6 Å². The predicted molar refractivity (Wildman–Crippen MR) is 29.8 cm³/mol. The molecule has 0 atom stereocenters. The van der Waals surface area contributed by atoms with Gasteiger partial charge in [-0.25, -0.2) is 0 Å². The topological polar surface area (TPSA) is 143 Å². The van der Waals surface area contributed by atoms with Crippen molar-refractivity contribution in [3.63, 3.8) is 0 Å². The van der Waals surface area contributed by atoms with Gasteiger partial charge in [-0.2, -0.15) is 0 Å². The Morgan fingerprint density at radius 2 is 0.294 bits per heavy atom. The molecular formula is C6FeN6Ni4-2. The van der Waals surface area contributed by atoms with Crippen LogP contribution in [-0.4, -0.2) is 0 Å². The van der Waals surface area contributed by atoms with Gasteiger partial charge in [0.15, 0.2) is 0 Å². The SMILES string of the molecule is [C-]#N.[C-]#N.[C-]#N.[C-]#N.[C-]#N.[C-]#N.[Fe+4].[Ni].[Ni].[Ni].[Ni]. The average Bonchev–Trinajstić information content (AvgIpc) is 2.33. The standard InChI is InChI=1S/6CN.Fe.4Ni/c6*1-2;;;;;/q6*-1;+4;;;;. The minimum Gasteiger partial charge on any atom is -0.512 e. The van der Waals surface area contributed by atoms with E-state index in [-0.39, 0.29) is 83.0 Å². The van der Waals surface area contributed by atoms with Gasteiger partial charge in [0.1, 0.15) is 0 Å². The average molecular weight is 447 g/mol. The van der Waals surface area contributed by atoms with E-state index >= 15 is 0 Å². The van der Waals surface area contributed by atoms with Gasteiger partial charge in [-0.15, -0.1) is 0 Å². The molecule has 0 aromatic heterocycles. The maximum atomic E-state index is 6.25. The molecule has 0 bridgehead atoms. The van der Waals surface area contributed by atoms with Crippen LogP contribution >= 0.6 is 0 Å². The molecule has 0 aliphatic heterocycles. The van der Waals surface area contributed by atoms with Crippen LogP contribution in [0.4, 0.5) is 0 Å². The van der Waals surface area contributed by atoms with E-state index in [1.807, 2.05) is 0 Å². The fraction of sp³-hybridized carbons (Fsp3) is 0. The van der Waals surface area contributed by atoms with E-state index in [0.717, 1.165) is 0 Å². The smallest absolute Gasteiger partial charge is 0.512 e. The van der Waals surface area contributed by atoms with Crippen LogP contribution in [0.25, 0.3) is 0 Å². The number of hydrogen-bond acceptors (Lipinski definition) is 6. The molecule has 0 amide bonds. The van der Waals surface area contributed by atoms with E-state index in [1.54, 1.807) is 0 Å². The molecule has 0 aromatic rings. The minimum absolute atomic E-state index is 0. The van der Waals surface area contributed by atoms with Gasteiger partial charge in [0.05, 0.1) is 0 Å². The first-order valence-corrected chi connectivity index (χ1v) is 1.34. The maximum Gasteiger partial charge on any atom is 4.00 e. The number of rotatable bonds is 0. The molecule has 0 radical (unpaired) electrons. The van der Waals surface area contributed by atoms with E-state index in [1.165, 1.54) is 0 Å². The number of nitrogens with zero attached hydrogens (tertiary/aromatic N) is 6. The summed E-state index contributed by atoms with van der Waals surface area (Å²) < 4.78 is 0. The van der Waals surface area contributed by atoms with Crippen molar-refractivity contribution in [2.24, 2.45) is 0 Å². The second kappa shape index (κ2) is 10000. The Labute approximate surface area is 153 Å². The van der Waals surface area contributed by atoms with Crippen LogP contribution in [0.15, 0.2) is 0 Å². The van der Waals surface area contributed by atoms with Crippen molar-refractivity contribution >= 4 is 0 Å². The van der Waals surface area contributed by atoms with Gasteiger partial charge in [0.2, 0.25) is 0 Å². The molecule has 11 heteroatoms. The quantitative estimate of drug-likeness (QED) is 0.393. The first kappa shape index (κ1) is 133. The van der Waals surface area contributed by atoms with Crippen molar-refractivity contribution in [2.75, 3.05) is 0 Å². The molecule has 0 aromatic carbocycles. The zero-order valence-corrected chi connectivity index (χ0v) is 12.4. The van der Waals surface area contributed by atoms with Crippen LogP contribution in [-0.2, 0) is 83.0 Å². The van der Waals surface area contributed by atoms with Crippen LogP contribution in [0.1, 0.15) is 0 Å². The third kappa shape index (κ3) is 8680. The van der Waals surface area contributed by atoms with Gasteiger partial charge in [0, 0.05) is 66.0 Å². The molecule has 0 aliphatic rings. The summed E-state index contributed by atoms with van der Waals surface area (Å²) in [5, 5.41) is 37.5. The van der Waals surface area contributed by atoms with Crippen molar-refractivity contribution < 1.29 is 83.0 Å². The van der Waals surface area contributed by atoms with E-state index in [2.05, 4.69) is 0 Å². The van der Waals surface area contributed by atoms with Gasteiger partial charge < -0.3 is 71.0 Å². The Morgan fingerprint density at radius 3 is 0.294 bits per heavy atom. The summed E-state index contributed by atoms with van der Waals surface area (Å²) >= 11 is 0. The summed E-state index contributed by atoms with van der Waals surface area (Å²) in [7, 11) is 0. The van der Waals surface area contributed by atoms with Crippen LogP contribution in [0.5, 0.6) is 0 Å². The Balaban J connectivity index is -0.00000000267. The van der Waals surface area contributed by atoms with Crippen molar-refractivity contribution in [3.8, 4) is 0 Å². The molecule has 0 spiro atoms. The van der Waals surface area contributed by atoms with Crippen LogP contribution in [0.2, 0.25) is 0 Å². The van der Waals surface area contributed by atoms with Crippen molar-refractivity contribution in [2.45, 2.75) is 0 Å². The second-order valence-corrected chi connectivity index (χ2v) is 0. The molecule has 0 N–H and O–H groups in total. The van der Waals surface area contributed by atoms with Gasteiger partial charge in [0.25, 0.3) is 0 Å². The zero-order valence-electron chi connectivity index (χ0n) is 7.30. The van der Waals surface area contributed by atoms with Gasteiger partial charge in [-0.3, -0.25) is 0 Å². The predicted octanol–water partition coefficient (Wildman–Crippen LogP) is 0.566. The monoisotopic (exact) mass is 444 g/mol. The summed E-state index contributed by atoms with van der Waals surface area (Å²) in [5.74, 6) is 0. The fourth-order valence-electron chi connectivity index (χ4n) is 0. The summed E-state index contributed by atoms with van der Waals surface area (Å²) in [6.07, 6.45) is 0. The molecule has 0 rings (SSSR count). The van der Waals surface area contributed by atoms with E-state index in [0.29, 0.717) is 0 Å². The molecule has 0 saturated heterocycles. The van der Waals surface area contributed by atoms with Crippen molar-refractivity contribution in [1.82, 2.24) is 0 Å². The molecule has 0 saturated carbocycles. The first-order chi connectivity index (χ1) is 6.00. The van der Waals surface area contributed by atoms with E-state index < -0.39 is 0 Å². The van der Waals surface area contributed by atoms with Crippen LogP contribution in [0, 0.1) is 71.0 Å². The molecule has 0 aliphatic carbocycles. The fourth-order valence-corrected chi connectivity index (χ4v) is 0. The van der Waals surface area contributed by atoms with E-state index in [4.69, 9.17) is 71.0 Å². The largest absolute Gasteiger partial charge is 4.00 e. The Hall–Kier alpha value is -0.566. The Morgan fingerprint density at radius 1 is 0.294 bits per heavy atom. The van der Waals surface area contributed by atoms with Crippen LogP contribution in [0.3, 0.4) is 0 Å². The minimum atomic E-state index is 0. The molecule has 0 heterocycles. The molecule has 6 nitrogen and oxygen atoms in total. The van der Waals surface area contributed by atoms with Gasteiger partial charge in [-0.1, -0.05) is 0 Å².